The van der Waals surface area contributed by atoms with Crippen molar-refractivity contribution in [1.29, 1.82) is 0 Å². The highest BCUT2D eigenvalue weighted by Crippen LogP contribution is 2.28. The van der Waals surface area contributed by atoms with E-state index in [0.717, 1.165) is 11.4 Å². The minimum absolute atomic E-state index is 0.269. The molecule has 0 unspecified atom stereocenters. The molecule has 1 heterocycles. The Labute approximate surface area is 169 Å². The molecule has 0 bridgehead atoms. The Morgan fingerprint density at radius 1 is 1.07 bits per heavy atom. The third kappa shape index (κ3) is 4.61. The molecular formula is C22H22ClN3O2. The van der Waals surface area contributed by atoms with Crippen molar-refractivity contribution < 1.29 is 9.53 Å². The second-order valence-corrected chi connectivity index (χ2v) is 7.04. The molecule has 0 atom stereocenters. The van der Waals surface area contributed by atoms with Crippen LogP contribution in [-0.4, -0.2) is 18.0 Å². The molecule has 6 heteroatoms. The number of nitrogens with one attached hydrogen (secondary N) is 2. The van der Waals surface area contributed by atoms with Crippen LogP contribution in [0.25, 0.3) is 0 Å². The van der Waals surface area contributed by atoms with Crippen molar-refractivity contribution in [3.05, 3.63) is 77.1 Å². The molecule has 1 aromatic heterocycles. The summed E-state index contributed by atoms with van der Waals surface area (Å²) in [5.74, 6) is 0.661. The molecule has 0 saturated heterocycles. The van der Waals surface area contributed by atoms with Crippen molar-refractivity contribution in [2.75, 3.05) is 17.7 Å². The molecule has 0 aliphatic rings. The quantitative estimate of drug-likeness (QED) is 0.548. The van der Waals surface area contributed by atoms with E-state index in [4.69, 9.17) is 16.3 Å². The topological polar surface area (TPSA) is 63.2 Å². The number of anilines is 3. The molecule has 2 N–H and O–H groups in total. The van der Waals surface area contributed by atoms with Crippen LogP contribution in [0.3, 0.4) is 0 Å². The first-order chi connectivity index (χ1) is 13.5. The van der Waals surface area contributed by atoms with E-state index in [9.17, 15) is 4.79 Å². The summed E-state index contributed by atoms with van der Waals surface area (Å²) in [4.78, 5) is 16.8. The number of aromatic nitrogens is 1. The van der Waals surface area contributed by atoms with Crippen LogP contribution in [-0.2, 0) is 0 Å². The largest absolute Gasteiger partial charge is 0.495 e. The van der Waals surface area contributed by atoms with Gasteiger partial charge in [0.25, 0.3) is 5.91 Å². The predicted octanol–water partition coefficient (Wildman–Crippen LogP) is 5.86. The van der Waals surface area contributed by atoms with Crippen molar-refractivity contribution in [2.24, 2.45) is 0 Å². The lowest BCUT2D eigenvalue weighted by molar-refractivity contribution is 0.102. The number of nitrogens with zero attached hydrogens (tertiary/aromatic N) is 1. The van der Waals surface area contributed by atoms with Crippen LogP contribution in [0.4, 0.5) is 17.1 Å². The SMILES string of the molecule is COc1ccc(NC(=O)c2cncc(Nc3ccccc3C(C)C)c2)cc1Cl. The van der Waals surface area contributed by atoms with Gasteiger partial charge >= 0.3 is 0 Å². The Hall–Kier alpha value is -3.05. The second kappa shape index (κ2) is 8.76. The monoisotopic (exact) mass is 395 g/mol. The van der Waals surface area contributed by atoms with Gasteiger partial charge in [0.2, 0.25) is 0 Å². The fraction of sp³-hybridized carbons (Fsp3) is 0.182. The molecule has 144 valence electrons. The number of rotatable bonds is 6. The number of hydrogen-bond donors (Lipinski definition) is 2. The molecule has 1 amide bonds. The highest BCUT2D eigenvalue weighted by atomic mass is 35.5. The average molecular weight is 396 g/mol. The van der Waals surface area contributed by atoms with Crippen molar-refractivity contribution in [2.45, 2.75) is 19.8 Å². The zero-order valence-corrected chi connectivity index (χ0v) is 16.7. The van der Waals surface area contributed by atoms with Gasteiger partial charge in [0, 0.05) is 17.6 Å². The fourth-order valence-electron chi connectivity index (χ4n) is 2.85. The molecule has 5 nitrogen and oxygen atoms in total. The fourth-order valence-corrected chi connectivity index (χ4v) is 3.11. The third-order valence-corrected chi connectivity index (χ3v) is 4.57. The van der Waals surface area contributed by atoms with Gasteiger partial charge in [-0.25, -0.2) is 0 Å². The van der Waals surface area contributed by atoms with Crippen molar-refractivity contribution >= 4 is 34.6 Å². The normalized spacial score (nSPS) is 10.6. The third-order valence-electron chi connectivity index (χ3n) is 4.27. The first-order valence-corrected chi connectivity index (χ1v) is 9.31. The molecule has 0 aliphatic carbocycles. The summed E-state index contributed by atoms with van der Waals surface area (Å²) in [5, 5.41) is 6.61. The van der Waals surface area contributed by atoms with Crippen LogP contribution in [0.2, 0.25) is 5.02 Å². The summed E-state index contributed by atoms with van der Waals surface area (Å²) in [7, 11) is 1.54. The van der Waals surface area contributed by atoms with Gasteiger partial charge in [-0.1, -0.05) is 43.6 Å². The summed E-state index contributed by atoms with van der Waals surface area (Å²) in [6, 6.07) is 14.9. The van der Waals surface area contributed by atoms with Crippen LogP contribution < -0.4 is 15.4 Å². The van der Waals surface area contributed by atoms with E-state index >= 15 is 0 Å². The summed E-state index contributed by atoms with van der Waals surface area (Å²) in [5.41, 5.74) is 3.97. The van der Waals surface area contributed by atoms with Crippen LogP contribution in [0.1, 0.15) is 35.7 Å². The van der Waals surface area contributed by atoms with E-state index in [1.54, 1.807) is 37.6 Å². The number of halogens is 1. The lowest BCUT2D eigenvalue weighted by atomic mass is 10.0. The summed E-state index contributed by atoms with van der Waals surface area (Å²) >= 11 is 6.12. The van der Waals surface area contributed by atoms with Crippen molar-refractivity contribution in [1.82, 2.24) is 4.98 Å². The van der Waals surface area contributed by atoms with Gasteiger partial charge in [-0.15, -0.1) is 0 Å². The minimum Gasteiger partial charge on any atom is -0.495 e. The van der Waals surface area contributed by atoms with Crippen molar-refractivity contribution in [3.8, 4) is 5.75 Å². The van der Waals surface area contributed by atoms with Gasteiger partial charge in [0.05, 0.1) is 29.6 Å². The highest BCUT2D eigenvalue weighted by molar-refractivity contribution is 6.32. The Bertz CT molecular complexity index is 989. The molecule has 3 rings (SSSR count). The number of carbonyl (C=O) groups is 1. The van der Waals surface area contributed by atoms with Crippen LogP contribution in [0.5, 0.6) is 5.75 Å². The summed E-state index contributed by atoms with van der Waals surface area (Å²) < 4.78 is 5.13. The zero-order chi connectivity index (χ0) is 20.1. The van der Waals surface area contributed by atoms with E-state index in [2.05, 4.69) is 35.5 Å². The molecule has 0 radical (unpaired) electrons. The first-order valence-electron chi connectivity index (χ1n) is 8.94. The lowest BCUT2D eigenvalue weighted by Crippen LogP contribution is -2.12. The number of ether oxygens (including phenoxy) is 1. The van der Waals surface area contributed by atoms with Gasteiger partial charge in [0.15, 0.2) is 0 Å². The number of methoxy groups -OCH3 is 1. The summed E-state index contributed by atoms with van der Waals surface area (Å²) in [6.07, 6.45) is 3.22. The second-order valence-electron chi connectivity index (χ2n) is 6.63. The molecule has 0 spiro atoms. The Balaban J connectivity index is 1.78. The molecule has 0 saturated carbocycles. The maximum atomic E-state index is 12.6. The molecule has 28 heavy (non-hydrogen) atoms. The number of para-hydroxylation sites is 1. The number of amides is 1. The maximum absolute atomic E-state index is 12.6. The smallest absolute Gasteiger partial charge is 0.257 e. The Morgan fingerprint density at radius 3 is 2.57 bits per heavy atom. The molecule has 0 aliphatic heterocycles. The van der Waals surface area contributed by atoms with E-state index in [1.165, 1.54) is 11.8 Å². The van der Waals surface area contributed by atoms with Crippen LogP contribution >= 0.6 is 11.6 Å². The zero-order valence-electron chi connectivity index (χ0n) is 16.0. The minimum atomic E-state index is -0.269. The summed E-state index contributed by atoms with van der Waals surface area (Å²) in [6.45, 7) is 4.28. The predicted molar refractivity (Wildman–Crippen MR) is 114 cm³/mol. The van der Waals surface area contributed by atoms with Gasteiger partial charge in [-0.2, -0.15) is 0 Å². The van der Waals surface area contributed by atoms with E-state index in [0.29, 0.717) is 27.9 Å². The highest BCUT2D eigenvalue weighted by Gasteiger charge is 2.11. The maximum Gasteiger partial charge on any atom is 0.257 e. The van der Waals surface area contributed by atoms with Crippen molar-refractivity contribution in [3.63, 3.8) is 0 Å². The molecule has 0 fully saturated rings. The van der Waals surface area contributed by atoms with Gasteiger partial charge in [-0.3, -0.25) is 9.78 Å². The molecular weight excluding hydrogens is 374 g/mol. The number of carbonyl (C=O) groups excluding carboxylic acids is 1. The van der Waals surface area contributed by atoms with E-state index in [1.807, 2.05) is 18.2 Å². The van der Waals surface area contributed by atoms with E-state index < -0.39 is 0 Å². The van der Waals surface area contributed by atoms with Gasteiger partial charge < -0.3 is 15.4 Å². The molecule has 3 aromatic rings. The van der Waals surface area contributed by atoms with Crippen LogP contribution in [0.15, 0.2) is 60.9 Å². The standard InChI is InChI=1S/C22H22ClN3O2/c1-14(2)18-6-4-5-7-20(18)25-17-10-15(12-24-13-17)22(27)26-16-8-9-21(28-3)19(23)11-16/h4-14,25H,1-3H3,(H,26,27). The number of benzene rings is 2. The average Bonchev–Trinajstić information content (AvgIpc) is 2.68. The van der Waals surface area contributed by atoms with Crippen LogP contribution in [0, 0.1) is 0 Å². The molecule has 2 aromatic carbocycles. The van der Waals surface area contributed by atoms with E-state index in [-0.39, 0.29) is 5.91 Å². The number of hydrogen-bond acceptors (Lipinski definition) is 4. The number of pyridine rings is 1. The van der Waals surface area contributed by atoms with Gasteiger partial charge in [0.1, 0.15) is 5.75 Å². The first kappa shape index (κ1) is 19.7. The lowest BCUT2D eigenvalue weighted by Gasteiger charge is -2.15. The Kier molecular flexibility index (Phi) is 6.16. The van der Waals surface area contributed by atoms with Gasteiger partial charge in [-0.05, 0) is 41.8 Å². The Morgan fingerprint density at radius 2 is 1.86 bits per heavy atom.